The van der Waals surface area contributed by atoms with E-state index in [0.29, 0.717) is 23.1 Å². The van der Waals surface area contributed by atoms with Gasteiger partial charge in [0.1, 0.15) is 0 Å². The van der Waals surface area contributed by atoms with E-state index in [4.69, 9.17) is 34.8 Å². The Hall–Kier alpha value is -2.39. The first kappa shape index (κ1) is 23.3. The highest BCUT2D eigenvalue weighted by Crippen LogP contribution is 2.16. The molecular formula is C20H21Cl3N6O2. The highest BCUT2D eigenvalue weighted by molar-refractivity contribution is 6.31. The maximum Gasteiger partial charge on any atom is 0.272 e. The molecule has 0 unspecified atom stereocenters. The number of nitrogens with one attached hydrogen (secondary N) is 2. The Balaban J connectivity index is 1.67. The SMILES string of the molecule is CNCc1ccc(Cl)cc1CNC(=O)Cc1c(Cl)cnn(CCn2cc(Cl)cn2)c1=O. The molecule has 1 amide bonds. The van der Waals surface area contributed by atoms with Crippen molar-refractivity contribution in [2.24, 2.45) is 0 Å². The van der Waals surface area contributed by atoms with Crippen molar-refractivity contribution in [1.29, 1.82) is 0 Å². The summed E-state index contributed by atoms with van der Waals surface area (Å²) in [5.41, 5.74) is 1.69. The van der Waals surface area contributed by atoms with Crippen LogP contribution in [0.15, 0.2) is 41.6 Å². The molecule has 0 bridgehead atoms. The molecule has 31 heavy (non-hydrogen) atoms. The van der Waals surface area contributed by atoms with Gasteiger partial charge in [-0.1, -0.05) is 40.9 Å². The van der Waals surface area contributed by atoms with Gasteiger partial charge in [0.15, 0.2) is 0 Å². The molecule has 0 saturated carbocycles. The highest BCUT2D eigenvalue weighted by Gasteiger charge is 2.15. The molecule has 2 aromatic heterocycles. The molecule has 0 aliphatic rings. The summed E-state index contributed by atoms with van der Waals surface area (Å²) < 4.78 is 2.86. The van der Waals surface area contributed by atoms with Crippen LogP contribution in [0.2, 0.25) is 15.1 Å². The molecule has 2 N–H and O–H groups in total. The molecule has 8 nitrogen and oxygen atoms in total. The molecule has 0 atom stereocenters. The Kier molecular flexibility index (Phi) is 8.09. The average molecular weight is 484 g/mol. The second-order valence-electron chi connectivity index (χ2n) is 6.82. The molecule has 3 rings (SSSR count). The monoisotopic (exact) mass is 482 g/mol. The molecule has 11 heteroatoms. The molecule has 0 spiro atoms. The van der Waals surface area contributed by atoms with Crippen LogP contribution in [0.3, 0.4) is 0 Å². The van der Waals surface area contributed by atoms with Crippen molar-refractivity contribution >= 4 is 40.7 Å². The largest absolute Gasteiger partial charge is 0.352 e. The fourth-order valence-corrected chi connectivity index (χ4v) is 3.57. The maximum absolute atomic E-state index is 12.8. The zero-order valence-electron chi connectivity index (χ0n) is 16.7. The maximum atomic E-state index is 12.8. The fourth-order valence-electron chi connectivity index (χ4n) is 3.02. The smallest absolute Gasteiger partial charge is 0.272 e. The van der Waals surface area contributed by atoms with Gasteiger partial charge in [0, 0.05) is 29.9 Å². The van der Waals surface area contributed by atoms with Gasteiger partial charge in [-0.3, -0.25) is 14.3 Å². The van der Waals surface area contributed by atoms with E-state index in [1.807, 2.05) is 19.2 Å². The molecule has 0 radical (unpaired) electrons. The first-order valence-corrected chi connectivity index (χ1v) is 10.6. The van der Waals surface area contributed by atoms with Gasteiger partial charge in [0.05, 0.1) is 41.9 Å². The lowest BCUT2D eigenvalue weighted by Gasteiger charge is -2.12. The fraction of sp³-hybridized carbons (Fsp3) is 0.300. The lowest BCUT2D eigenvalue weighted by Crippen LogP contribution is -2.32. The van der Waals surface area contributed by atoms with E-state index in [9.17, 15) is 9.59 Å². The number of aryl methyl sites for hydroxylation is 2. The minimum Gasteiger partial charge on any atom is -0.352 e. The third kappa shape index (κ3) is 6.30. The first-order valence-electron chi connectivity index (χ1n) is 9.48. The van der Waals surface area contributed by atoms with E-state index in [0.717, 1.165) is 11.1 Å². The second kappa shape index (κ2) is 10.8. The molecular weight excluding hydrogens is 463 g/mol. The number of halogens is 3. The Morgan fingerprint density at radius 3 is 2.55 bits per heavy atom. The molecule has 0 saturated heterocycles. The van der Waals surface area contributed by atoms with Crippen molar-refractivity contribution in [3.8, 4) is 0 Å². The van der Waals surface area contributed by atoms with E-state index in [2.05, 4.69) is 20.8 Å². The zero-order valence-corrected chi connectivity index (χ0v) is 19.0. The minimum atomic E-state index is -0.417. The number of benzene rings is 1. The van der Waals surface area contributed by atoms with Gasteiger partial charge in [-0.15, -0.1) is 0 Å². The predicted octanol–water partition coefficient (Wildman–Crippen LogP) is 2.68. The van der Waals surface area contributed by atoms with Crippen LogP contribution in [0, 0.1) is 0 Å². The normalized spacial score (nSPS) is 11.0. The summed E-state index contributed by atoms with van der Waals surface area (Å²) in [7, 11) is 1.84. The summed E-state index contributed by atoms with van der Waals surface area (Å²) >= 11 is 18.1. The van der Waals surface area contributed by atoms with Crippen molar-refractivity contribution in [3.63, 3.8) is 0 Å². The number of rotatable bonds is 9. The van der Waals surface area contributed by atoms with Crippen LogP contribution < -0.4 is 16.2 Å². The van der Waals surface area contributed by atoms with E-state index in [-0.39, 0.29) is 36.0 Å². The first-order chi connectivity index (χ1) is 14.9. The second-order valence-corrected chi connectivity index (χ2v) is 8.10. The number of amides is 1. The summed E-state index contributed by atoms with van der Waals surface area (Å²) in [6.07, 6.45) is 4.37. The van der Waals surface area contributed by atoms with Gasteiger partial charge in [0.2, 0.25) is 5.91 Å². The summed E-state index contributed by atoms with van der Waals surface area (Å²) in [6, 6.07) is 5.52. The van der Waals surface area contributed by atoms with Crippen LogP contribution in [-0.4, -0.2) is 32.5 Å². The van der Waals surface area contributed by atoms with Gasteiger partial charge in [-0.25, -0.2) is 4.68 Å². The van der Waals surface area contributed by atoms with Gasteiger partial charge in [-0.2, -0.15) is 10.2 Å². The van der Waals surface area contributed by atoms with Crippen molar-refractivity contribution in [2.45, 2.75) is 32.6 Å². The van der Waals surface area contributed by atoms with E-state index >= 15 is 0 Å². The average Bonchev–Trinajstić information content (AvgIpc) is 3.16. The Morgan fingerprint density at radius 1 is 1.03 bits per heavy atom. The van der Waals surface area contributed by atoms with Crippen molar-refractivity contribution in [2.75, 3.05) is 7.05 Å². The van der Waals surface area contributed by atoms with Crippen LogP contribution in [0.4, 0.5) is 0 Å². The number of carbonyl (C=O) groups excluding carboxylic acids is 1. The summed E-state index contributed by atoms with van der Waals surface area (Å²) in [4.78, 5) is 25.3. The number of carbonyl (C=O) groups is 1. The summed E-state index contributed by atoms with van der Waals surface area (Å²) in [5.74, 6) is -0.328. The Labute approximate surface area is 194 Å². The number of hydrogen-bond donors (Lipinski definition) is 2. The Bertz CT molecular complexity index is 1130. The predicted molar refractivity (Wildman–Crippen MR) is 121 cm³/mol. The van der Waals surface area contributed by atoms with Gasteiger partial charge in [-0.05, 0) is 30.3 Å². The van der Waals surface area contributed by atoms with E-state index in [1.165, 1.54) is 17.1 Å². The number of aromatic nitrogens is 4. The molecule has 1 aromatic carbocycles. The van der Waals surface area contributed by atoms with Crippen LogP contribution in [-0.2, 0) is 37.4 Å². The highest BCUT2D eigenvalue weighted by atomic mass is 35.5. The van der Waals surface area contributed by atoms with Gasteiger partial charge < -0.3 is 10.6 Å². The van der Waals surface area contributed by atoms with Crippen LogP contribution in [0.1, 0.15) is 16.7 Å². The topological polar surface area (TPSA) is 93.8 Å². The molecule has 0 fully saturated rings. The van der Waals surface area contributed by atoms with Crippen LogP contribution >= 0.6 is 34.8 Å². The lowest BCUT2D eigenvalue weighted by atomic mass is 10.1. The van der Waals surface area contributed by atoms with Crippen molar-refractivity contribution < 1.29 is 4.79 Å². The third-order valence-corrected chi connectivity index (χ3v) is 5.34. The van der Waals surface area contributed by atoms with E-state index in [1.54, 1.807) is 16.9 Å². The van der Waals surface area contributed by atoms with Gasteiger partial charge >= 0.3 is 0 Å². The van der Waals surface area contributed by atoms with Crippen molar-refractivity contribution in [1.82, 2.24) is 30.2 Å². The molecule has 0 aliphatic heterocycles. The van der Waals surface area contributed by atoms with E-state index < -0.39 is 5.56 Å². The lowest BCUT2D eigenvalue weighted by molar-refractivity contribution is -0.120. The molecule has 0 aliphatic carbocycles. The number of nitrogens with zero attached hydrogens (tertiary/aromatic N) is 4. The van der Waals surface area contributed by atoms with Crippen LogP contribution in [0.25, 0.3) is 0 Å². The van der Waals surface area contributed by atoms with Gasteiger partial charge in [0.25, 0.3) is 5.56 Å². The third-order valence-electron chi connectivity index (χ3n) is 4.58. The minimum absolute atomic E-state index is 0.150. The zero-order chi connectivity index (χ0) is 22.4. The number of hydrogen-bond acceptors (Lipinski definition) is 5. The molecule has 164 valence electrons. The molecule has 2 heterocycles. The molecule has 3 aromatic rings. The van der Waals surface area contributed by atoms with Crippen molar-refractivity contribution in [3.05, 3.63) is 78.9 Å². The summed E-state index contributed by atoms with van der Waals surface area (Å²) in [6.45, 7) is 1.59. The standard InChI is InChI=1S/C20H21Cl3N6O2/c1-24-8-13-2-3-15(21)6-14(13)9-25-19(30)7-17-18(23)11-27-29(20(17)31)5-4-28-12-16(22)10-26-28/h2-3,6,10-12,24H,4-5,7-9H2,1H3,(H,25,30). The van der Waals surface area contributed by atoms with Crippen LogP contribution in [0.5, 0.6) is 0 Å². The Morgan fingerprint density at radius 2 is 1.84 bits per heavy atom. The summed E-state index contributed by atoms with van der Waals surface area (Å²) in [5, 5.41) is 15.3. The quantitative estimate of drug-likeness (QED) is 0.488.